The van der Waals surface area contributed by atoms with Crippen molar-refractivity contribution in [3.8, 4) is 0 Å². The number of nitrogens with zero attached hydrogens (tertiary/aromatic N) is 2. The molecular formula is C9H5BrClN3OS. The number of rotatable bonds is 2. The number of carbonyl (C=O) groups is 1. The van der Waals surface area contributed by atoms with Crippen LogP contribution >= 0.6 is 38.9 Å². The van der Waals surface area contributed by atoms with Crippen LogP contribution in [-0.2, 0) is 0 Å². The average Bonchev–Trinajstić information content (AvgIpc) is 2.65. The Hall–Kier alpha value is -0.980. The second-order valence-electron chi connectivity index (χ2n) is 2.79. The molecule has 2 heterocycles. The fourth-order valence-corrected chi connectivity index (χ4v) is 2.21. The lowest BCUT2D eigenvalue weighted by atomic mass is 10.3. The second-order valence-corrected chi connectivity index (χ2v) is 5.59. The molecule has 16 heavy (non-hydrogen) atoms. The third-order valence-corrected chi connectivity index (χ3v) is 3.30. The maximum absolute atomic E-state index is 11.7. The maximum Gasteiger partial charge on any atom is 0.259 e. The van der Waals surface area contributed by atoms with Crippen LogP contribution < -0.4 is 5.32 Å². The fourth-order valence-electron chi connectivity index (χ4n) is 0.992. The van der Waals surface area contributed by atoms with Crippen LogP contribution in [0.3, 0.4) is 0 Å². The number of hydrogen-bond donors (Lipinski definition) is 1. The van der Waals surface area contributed by atoms with Crippen LogP contribution in [0, 0.1) is 0 Å². The average molecular weight is 319 g/mol. The quantitative estimate of drug-likeness (QED) is 0.865. The van der Waals surface area contributed by atoms with E-state index in [9.17, 15) is 4.79 Å². The summed E-state index contributed by atoms with van der Waals surface area (Å²) in [4.78, 5) is 19.5. The Labute approximate surface area is 109 Å². The summed E-state index contributed by atoms with van der Waals surface area (Å²) in [5.74, 6) is -0.258. The monoisotopic (exact) mass is 317 g/mol. The fraction of sp³-hybridized carbons (Fsp3) is 0. The van der Waals surface area contributed by atoms with Gasteiger partial charge in [-0.05, 0) is 28.1 Å². The maximum atomic E-state index is 11.7. The summed E-state index contributed by atoms with van der Waals surface area (Å²) in [5, 5.41) is 3.54. The van der Waals surface area contributed by atoms with Crippen molar-refractivity contribution in [1.82, 2.24) is 9.97 Å². The summed E-state index contributed by atoms with van der Waals surface area (Å²) in [6.07, 6.45) is 3.04. The highest BCUT2D eigenvalue weighted by molar-refractivity contribution is 9.11. The summed E-state index contributed by atoms with van der Waals surface area (Å²) >= 11 is 10.2. The van der Waals surface area contributed by atoms with Crippen LogP contribution in [-0.4, -0.2) is 15.9 Å². The predicted molar refractivity (Wildman–Crippen MR) is 67.0 cm³/mol. The lowest BCUT2D eigenvalue weighted by Gasteiger charge is -2.00. The molecule has 1 amide bonds. The highest BCUT2D eigenvalue weighted by Gasteiger charge is 2.08. The zero-order valence-corrected chi connectivity index (χ0v) is 10.9. The first-order chi connectivity index (χ1) is 7.65. The highest BCUT2D eigenvalue weighted by atomic mass is 79.9. The second kappa shape index (κ2) is 4.90. The zero-order valence-electron chi connectivity index (χ0n) is 7.78. The normalized spacial score (nSPS) is 10.1. The van der Waals surface area contributed by atoms with Crippen molar-refractivity contribution in [1.29, 1.82) is 0 Å². The molecule has 0 fully saturated rings. The van der Waals surface area contributed by atoms with E-state index in [1.165, 1.54) is 17.5 Å². The number of nitrogens with one attached hydrogen (secondary N) is 1. The summed E-state index contributed by atoms with van der Waals surface area (Å²) in [6.45, 7) is 0. The van der Waals surface area contributed by atoms with Crippen molar-refractivity contribution in [2.45, 2.75) is 0 Å². The number of halogens is 2. The molecule has 4 nitrogen and oxygen atoms in total. The van der Waals surface area contributed by atoms with E-state index in [1.54, 1.807) is 18.3 Å². The molecule has 2 aromatic rings. The van der Waals surface area contributed by atoms with E-state index in [-0.39, 0.29) is 5.91 Å². The smallest absolute Gasteiger partial charge is 0.259 e. The molecule has 0 aliphatic rings. The molecule has 0 saturated heterocycles. The molecule has 0 aromatic carbocycles. The molecule has 0 spiro atoms. The van der Waals surface area contributed by atoms with E-state index in [1.807, 2.05) is 0 Å². The molecule has 2 rings (SSSR count). The first-order valence-electron chi connectivity index (χ1n) is 4.19. The van der Waals surface area contributed by atoms with Crippen LogP contribution in [0.5, 0.6) is 0 Å². The Morgan fingerprint density at radius 2 is 2.19 bits per heavy atom. The van der Waals surface area contributed by atoms with E-state index in [0.717, 1.165) is 3.79 Å². The first-order valence-corrected chi connectivity index (χ1v) is 6.18. The molecule has 0 unspecified atom stereocenters. The SMILES string of the molecule is O=C(Nc1ncc(Br)s1)c1ccc(Cl)nc1. The topological polar surface area (TPSA) is 54.9 Å². The number of pyridine rings is 1. The van der Waals surface area contributed by atoms with Gasteiger partial charge in [-0.2, -0.15) is 0 Å². The molecule has 0 radical (unpaired) electrons. The molecule has 0 atom stereocenters. The summed E-state index contributed by atoms with van der Waals surface area (Å²) < 4.78 is 0.858. The van der Waals surface area contributed by atoms with Gasteiger partial charge in [-0.3, -0.25) is 10.1 Å². The van der Waals surface area contributed by atoms with Gasteiger partial charge in [0.1, 0.15) is 5.15 Å². The lowest BCUT2D eigenvalue weighted by molar-refractivity contribution is 0.102. The predicted octanol–water partition coefficient (Wildman–Crippen LogP) is 3.21. The highest BCUT2D eigenvalue weighted by Crippen LogP contribution is 2.23. The third-order valence-electron chi connectivity index (χ3n) is 1.69. The van der Waals surface area contributed by atoms with Crippen LogP contribution in [0.2, 0.25) is 5.15 Å². The van der Waals surface area contributed by atoms with Gasteiger partial charge in [0.25, 0.3) is 5.91 Å². The van der Waals surface area contributed by atoms with Crippen molar-refractivity contribution < 1.29 is 4.79 Å². The molecular weight excluding hydrogens is 314 g/mol. The molecule has 0 aliphatic heterocycles. The Kier molecular flexibility index (Phi) is 3.52. The molecule has 0 aliphatic carbocycles. The third kappa shape index (κ3) is 2.78. The summed E-state index contributed by atoms with van der Waals surface area (Å²) in [5.41, 5.74) is 0.440. The lowest BCUT2D eigenvalue weighted by Crippen LogP contribution is -2.11. The van der Waals surface area contributed by atoms with Gasteiger partial charge in [0.2, 0.25) is 0 Å². The largest absolute Gasteiger partial charge is 0.298 e. The molecule has 2 aromatic heterocycles. The van der Waals surface area contributed by atoms with Crippen LogP contribution in [0.1, 0.15) is 10.4 Å². The Bertz CT molecular complexity index is 514. The van der Waals surface area contributed by atoms with E-state index in [2.05, 4.69) is 31.2 Å². The summed E-state index contributed by atoms with van der Waals surface area (Å²) in [7, 11) is 0. The number of amides is 1. The van der Waals surface area contributed by atoms with Crippen molar-refractivity contribution in [3.05, 3.63) is 39.0 Å². The van der Waals surface area contributed by atoms with Gasteiger partial charge in [-0.25, -0.2) is 9.97 Å². The van der Waals surface area contributed by atoms with E-state index < -0.39 is 0 Å². The Morgan fingerprint density at radius 1 is 1.38 bits per heavy atom. The van der Waals surface area contributed by atoms with Crippen molar-refractivity contribution >= 4 is 49.9 Å². The van der Waals surface area contributed by atoms with Gasteiger partial charge in [0, 0.05) is 6.20 Å². The number of carbonyl (C=O) groups excluding carboxylic acids is 1. The van der Waals surface area contributed by atoms with Crippen molar-refractivity contribution in [2.75, 3.05) is 5.32 Å². The van der Waals surface area contributed by atoms with Crippen LogP contribution in [0.25, 0.3) is 0 Å². The van der Waals surface area contributed by atoms with Gasteiger partial charge >= 0.3 is 0 Å². The first kappa shape index (κ1) is 11.5. The van der Waals surface area contributed by atoms with Gasteiger partial charge in [-0.15, -0.1) is 0 Å². The van der Waals surface area contributed by atoms with Crippen molar-refractivity contribution in [3.63, 3.8) is 0 Å². The van der Waals surface area contributed by atoms with Gasteiger partial charge in [0.05, 0.1) is 15.5 Å². The Balaban J connectivity index is 2.11. The number of aromatic nitrogens is 2. The zero-order chi connectivity index (χ0) is 11.5. The molecule has 82 valence electrons. The van der Waals surface area contributed by atoms with Crippen LogP contribution in [0.4, 0.5) is 5.13 Å². The minimum absolute atomic E-state index is 0.258. The van der Waals surface area contributed by atoms with E-state index in [4.69, 9.17) is 11.6 Å². The van der Waals surface area contributed by atoms with E-state index >= 15 is 0 Å². The standard InChI is InChI=1S/C9H5BrClN3OS/c10-6-4-13-9(16-6)14-8(15)5-1-2-7(11)12-3-5/h1-4H,(H,13,14,15). The van der Waals surface area contributed by atoms with Crippen molar-refractivity contribution in [2.24, 2.45) is 0 Å². The minimum atomic E-state index is -0.258. The van der Waals surface area contributed by atoms with Gasteiger partial charge in [0.15, 0.2) is 5.13 Å². The van der Waals surface area contributed by atoms with Gasteiger partial charge in [-0.1, -0.05) is 22.9 Å². The molecule has 0 saturated carbocycles. The van der Waals surface area contributed by atoms with E-state index in [0.29, 0.717) is 15.8 Å². The summed E-state index contributed by atoms with van der Waals surface area (Å²) in [6, 6.07) is 3.17. The van der Waals surface area contributed by atoms with Crippen LogP contribution in [0.15, 0.2) is 28.3 Å². The Morgan fingerprint density at radius 3 is 2.75 bits per heavy atom. The van der Waals surface area contributed by atoms with Gasteiger partial charge < -0.3 is 0 Å². The minimum Gasteiger partial charge on any atom is -0.298 e. The molecule has 1 N–H and O–H groups in total. The molecule has 7 heteroatoms. The number of anilines is 1. The number of thiazole rings is 1. The molecule has 0 bridgehead atoms. The number of hydrogen-bond acceptors (Lipinski definition) is 4.